The lowest BCUT2D eigenvalue weighted by Gasteiger charge is -2.14. The monoisotopic (exact) mass is 219 g/mol. The Labute approximate surface area is 98.1 Å². The molecule has 0 aliphatic rings. The van der Waals surface area contributed by atoms with Crippen molar-refractivity contribution in [2.24, 2.45) is 0 Å². The van der Waals surface area contributed by atoms with Crippen LogP contribution in [-0.2, 0) is 6.42 Å². The van der Waals surface area contributed by atoms with Gasteiger partial charge >= 0.3 is 0 Å². The maximum atomic E-state index is 11.9. The Balaban J connectivity index is 2.65. The summed E-state index contributed by atoms with van der Waals surface area (Å²) >= 11 is 0. The first-order valence-corrected chi connectivity index (χ1v) is 6.11. The van der Waals surface area contributed by atoms with E-state index in [0.29, 0.717) is 6.04 Å². The van der Waals surface area contributed by atoms with E-state index in [2.05, 4.69) is 26.1 Å². The highest BCUT2D eigenvalue weighted by molar-refractivity contribution is 5.94. The molecule has 0 aliphatic carbocycles. The summed E-state index contributed by atoms with van der Waals surface area (Å²) in [6.45, 7) is 6.29. The standard InChI is InChI=1S/C14H21NO/c1-4-11-7-9-12(10-8-11)14(16)15-13(5-2)6-3/h7-10,13H,4-6H2,1-3H3,(H,15,16). The fourth-order valence-corrected chi connectivity index (χ4v) is 1.65. The van der Waals surface area contributed by atoms with Crippen molar-refractivity contribution in [3.63, 3.8) is 0 Å². The third kappa shape index (κ3) is 3.37. The van der Waals surface area contributed by atoms with E-state index in [9.17, 15) is 4.79 Å². The molecule has 16 heavy (non-hydrogen) atoms. The summed E-state index contributed by atoms with van der Waals surface area (Å²) < 4.78 is 0. The van der Waals surface area contributed by atoms with Crippen molar-refractivity contribution < 1.29 is 4.79 Å². The first-order valence-electron chi connectivity index (χ1n) is 6.11. The average molecular weight is 219 g/mol. The molecule has 1 aromatic rings. The zero-order valence-electron chi connectivity index (χ0n) is 10.4. The maximum Gasteiger partial charge on any atom is 0.251 e. The van der Waals surface area contributed by atoms with Crippen LogP contribution < -0.4 is 5.32 Å². The Kier molecular flexibility index (Phi) is 5.03. The Morgan fingerprint density at radius 1 is 1.12 bits per heavy atom. The molecule has 2 heteroatoms. The van der Waals surface area contributed by atoms with Gasteiger partial charge in [-0.1, -0.05) is 32.9 Å². The lowest BCUT2D eigenvalue weighted by Crippen LogP contribution is -2.33. The van der Waals surface area contributed by atoms with Gasteiger partial charge in [0.25, 0.3) is 5.91 Å². The molecule has 0 aromatic heterocycles. The van der Waals surface area contributed by atoms with Crippen molar-refractivity contribution in [3.8, 4) is 0 Å². The second kappa shape index (κ2) is 6.31. The zero-order chi connectivity index (χ0) is 12.0. The number of amides is 1. The second-order valence-electron chi connectivity index (χ2n) is 4.04. The van der Waals surface area contributed by atoms with Gasteiger partial charge in [-0.15, -0.1) is 0 Å². The molecule has 0 atom stereocenters. The van der Waals surface area contributed by atoms with Crippen LogP contribution in [0, 0.1) is 0 Å². The number of carbonyl (C=O) groups excluding carboxylic acids is 1. The third-order valence-electron chi connectivity index (χ3n) is 2.95. The molecule has 0 radical (unpaired) electrons. The van der Waals surface area contributed by atoms with Crippen LogP contribution in [0.2, 0.25) is 0 Å². The van der Waals surface area contributed by atoms with Gasteiger partial charge < -0.3 is 5.32 Å². The predicted octanol–water partition coefficient (Wildman–Crippen LogP) is 3.17. The fraction of sp³-hybridized carbons (Fsp3) is 0.500. The predicted molar refractivity (Wildman–Crippen MR) is 67.7 cm³/mol. The summed E-state index contributed by atoms with van der Waals surface area (Å²) in [5.41, 5.74) is 2.02. The summed E-state index contributed by atoms with van der Waals surface area (Å²) in [6, 6.07) is 8.12. The molecule has 0 saturated carbocycles. The quantitative estimate of drug-likeness (QED) is 0.809. The van der Waals surface area contributed by atoms with Crippen molar-refractivity contribution in [2.45, 2.75) is 46.1 Å². The number of hydrogen-bond donors (Lipinski definition) is 1. The van der Waals surface area contributed by atoms with Gasteiger partial charge in [0.1, 0.15) is 0 Å². The Hall–Kier alpha value is -1.31. The highest BCUT2D eigenvalue weighted by Crippen LogP contribution is 2.06. The number of aryl methyl sites for hydroxylation is 1. The number of benzene rings is 1. The second-order valence-corrected chi connectivity index (χ2v) is 4.04. The normalized spacial score (nSPS) is 10.5. The van der Waals surface area contributed by atoms with E-state index in [1.165, 1.54) is 5.56 Å². The van der Waals surface area contributed by atoms with Gasteiger partial charge in [-0.25, -0.2) is 0 Å². The van der Waals surface area contributed by atoms with E-state index in [4.69, 9.17) is 0 Å². The molecule has 1 rings (SSSR count). The molecule has 0 spiro atoms. The van der Waals surface area contributed by atoms with Crippen molar-refractivity contribution >= 4 is 5.91 Å². The number of carbonyl (C=O) groups is 1. The van der Waals surface area contributed by atoms with Gasteiger partial charge in [0.2, 0.25) is 0 Å². The van der Waals surface area contributed by atoms with E-state index in [1.807, 2.05) is 24.3 Å². The Morgan fingerprint density at radius 3 is 2.12 bits per heavy atom. The maximum absolute atomic E-state index is 11.9. The molecular weight excluding hydrogens is 198 g/mol. The lowest BCUT2D eigenvalue weighted by atomic mass is 10.1. The summed E-state index contributed by atoms with van der Waals surface area (Å²) in [5.74, 6) is 0.0383. The molecule has 0 fully saturated rings. The minimum atomic E-state index is 0.0383. The molecule has 0 saturated heterocycles. The highest BCUT2D eigenvalue weighted by Gasteiger charge is 2.09. The number of hydrogen-bond acceptors (Lipinski definition) is 1. The van der Waals surface area contributed by atoms with E-state index in [1.54, 1.807) is 0 Å². The summed E-state index contributed by atoms with van der Waals surface area (Å²) in [7, 11) is 0. The number of rotatable bonds is 5. The third-order valence-corrected chi connectivity index (χ3v) is 2.95. The van der Waals surface area contributed by atoms with Gasteiger partial charge in [0.15, 0.2) is 0 Å². The van der Waals surface area contributed by atoms with Crippen LogP contribution in [0.15, 0.2) is 24.3 Å². The zero-order valence-corrected chi connectivity index (χ0v) is 10.4. The Bertz CT molecular complexity index is 325. The molecule has 0 unspecified atom stereocenters. The smallest absolute Gasteiger partial charge is 0.251 e. The van der Waals surface area contributed by atoms with Gasteiger partial charge in [0, 0.05) is 11.6 Å². The molecule has 1 N–H and O–H groups in total. The first-order chi connectivity index (χ1) is 7.71. The van der Waals surface area contributed by atoms with E-state index < -0.39 is 0 Å². The van der Waals surface area contributed by atoms with Crippen LogP contribution in [-0.4, -0.2) is 11.9 Å². The van der Waals surface area contributed by atoms with Gasteiger partial charge in [-0.3, -0.25) is 4.79 Å². The van der Waals surface area contributed by atoms with E-state index in [-0.39, 0.29) is 5.91 Å². The molecule has 1 amide bonds. The van der Waals surface area contributed by atoms with Gasteiger partial charge in [-0.05, 0) is 37.0 Å². The first kappa shape index (κ1) is 12.8. The summed E-state index contributed by atoms with van der Waals surface area (Å²) in [6.07, 6.45) is 2.97. The highest BCUT2D eigenvalue weighted by atomic mass is 16.1. The fourth-order valence-electron chi connectivity index (χ4n) is 1.65. The molecule has 0 aliphatic heterocycles. The van der Waals surface area contributed by atoms with Crippen molar-refractivity contribution in [2.75, 3.05) is 0 Å². The summed E-state index contributed by atoms with van der Waals surface area (Å²) in [4.78, 5) is 11.9. The van der Waals surface area contributed by atoms with Crippen molar-refractivity contribution in [3.05, 3.63) is 35.4 Å². The van der Waals surface area contributed by atoms with Crippen LogP contribution in [0.3, 0.4) is 0 Å². The SMILES string of the molecule is CCc1ccc(C(=O)NC(CC)CC)cc1. The molecule has 2 nitrogen and oxygen atoms in total. The molecule has 1 aromatic carbocycles. The van der Waals surface area contributed by atoms with Crippen LogP contribution in [0.25, 0.3) is 0 Å². The van der Waals surface area contributed by atoms with E-state index in [0.717, 1.165) is 24.8 Å². The molecular formula is C14H21NO. The molecule has 0 bridgehead atoms. The van der Waals surface area contributed by atoms with Crippen LogP contribution in [0.4, 0.5) is 0 Å². The average Bonchev–Trinajstić information content (AvgIpc) is 2.35. The Morgan fingerprint density at radius 2 is 1.69 bits per heavy atom. The van der Waals surface area contributed by atoms with Gasteiger partial charge in [0.05, 0.1) is 0 Å². The topological polar surface area (TPSA) is 29.1 Å². The summed E-state index contributed by atoms with van der Waals surface area (Å²) in [5, 5.41) is 3.03. The van der Waals surface area contributed by atoms with Crippen LogP contribution in [0.5, 0.6) is 0 Å². The van der Waals surface area contributed by atoms with Crippen molar-refractivity contribution in [1.82, 2.24) is 5.32 Å². The minimum Gasteiger partial charge on any atom is -0.349 e. The van der Waals surface area contributed by atoms with Crippen molar-refractivity contribution in [1.29, 1.82) is 0 Å². The largest absolute Gasteiger partial charge is 0.349 e. The lowest BCUT2D eigenvalue weighted by molar-refractivity contribution is 0.0935. The van der Waals surface area contributed by atoms with Crippen LogP contribution in [0.1, 0.15) is 49.5 Å². The minimum absolute atomic E-state index is 0.0383. The van der Waals surface area contributed by atoms with Crippen LogP contribution >= 0.6 is 0 Å². The van der Waals surface area contributed by atoms with Gasteiger partial charge in [-0.2, -0.15) is 0 Å². The van der Waals surface area contributed by atoms with E-state index >= 15 is 0 Å². The molecule has 88 valence electrons. The molecule has 0 heterocycles. The number of nitrogens with one attached hydrogen (secondary N) is 1.